The Hall–Kier alpha value is -2.77. The Bertz CT molecular complexity index is 997. The maximum atomic E-state index is 12.8. The summed E-state index contributed by atoms with van der Waals surface area (Å²) in [7, 11) is 0. The maximum absolute atomic E-state index is 12.8. The summed E-state index contributed by atoms with van der Waals surface area (Å²) in [4.78, 5) is 12.8. The molecule has 1 N–H and O–H groups in total. The molecule has 1 heterocycles. The van der Waals surface area contributed by atoms with E-state index in [4.69, 9.17) is 0 Å². The van der Waals surface area contributed by atoms with Gasteiger partial charge in [-0.05, 0) is 30.9 Å². The minimum Gasteiger partial charge on any atom is -0.352 e. The van der Waals surface area contributed by atoms with Crippen LogP contribution in [0.15, 0.2) is 76.5 Å². The first-order valence-electron chi connectivity index (χ1n) is 9.58. The van der Waals surface area contributed by atoms with Crippen LogP contribution < -0.4 is 5.32 Å². The lowest BCUT2D eigenvalue weighted by atomic mass is 9.77. The topological polar surface area (TPSA) is 52.9 Å². The summed E-state index contributed by atoms with van der Waals surface area (Å²) in [5.41, 5.74) is 5.84. The van der Waals surface area contributed by atoms with Crippen LogP contribution in [0.25, 0.3) is 0 Å². The fraction of sp³-hybridized carbons (Fsp3) is 0.250. The highest BCUT2D eigenvalue weighted by Crippen LogP contribution is 2.44. The van der Waals surface area contributed by atoms with E-state index in [1.807, 2.05) is 25.1 Å². The number of carbonyl (C=O) groups excluding carboxylic acids is 1. The molecule has 0 bridgehead atoms. The van der Waals surface area contributed by atoms with Crippen molar-refractivity contribution in [2.24, 2.45) is 0 Å². The number of nitriles is 1. The van der Waals surface area contributed by atoms with E-state index < -0.39 is 0 Å². The van der Waals surface area contributed by atoms with Crippen molar-refractivity contribution < 1.29 is 4.79 Å². The Morgan fingerprint density at radius 2 is 1.86 bits per heavy atom. The number of nitrogens with zero attached hydrogens (tertiary/aromatic N) is 1. The summed E-state index contributed by atoms with van der Waals surface area (Å²) in [5.74, 6) is 0.679. The van der Waals surface area contributed by atoms with Crippen LogP contribution in [0.2, 0.25) is 0 Å². The fourth-order valence-corrected chi connectivity index (χ4v) is 4.88. The zero-order valence-electron chi connectivity index (χ0n) is 15.9. The van der Waals surface area contributed by atoms with Crippen LogP contribution in [0.5, 0.6) is 0 Å². The van der Waals surface area contributed by atoms with E-state index in [-0.39, 0.29) is 11.7 Å². The van der Waals surface area contributed by atoms with Crippen LogP contribution >= 0.6 is 11.8 Å². The molecule has 0 aromatic heterocycles. The summed E-state index contributed by atoms with van der Waals surface area (Å²) < 4.78 is 0. The predicted octanol–water partition coefficient (Wildman–Crippen LogP) is 5.36. The zero-order valence-corrected chi connectivity index (χ0v) is 16.7. The highest BCUT2D eigenvalue weighted by Gasteiger charge is 2.36. The normalized spacial score (nSPS) is 19.1. The number of rotatable bonds is 4. The quantitative estimate of drug-likeness (QED) is 0.769. The lowest BCUT2D eigenvalue weighted by Crippen LogP contribution is -2.31. The number of hydrogen-bond donors (Lipinski definition) is 1. The first-order valence-corrected chi connectivity index (χ1v) is 10.6. The molecule has 1 unspecified atom stereocenters. The van der Waals surface area contributed by atoms with Gasteiger partial charge in [-0.3, -0.25) is 4.79 Å². The molecule has 1 aliphatic heterocycles. The smallest absolute Gasteiger partial charge is 0.161 e. The van der Waals surface area contributed by atoms with Gasteiger partial charge in [0, 0.05) is 23.4 Å². The van der Waals surface area contributed by atoms with Crippen molar-refractivity contribution in [1.29, 1.82) is 5.26 Å². The predicted molar refractivity (Wildman–Crippen MR) is 113 cm³/mol. The minimum atomic E-state index is -0.270. The number of ketones is 1. The summed E-state index contributed by atoms with van der Waals surface area (Å²) in [6.45, 7) is 2.05. The first-order chi connectivity index (χ1) is 13.7. The zero-order chi connectivity index (χ0) is 19.5. The molecule has 0 fully saturated rings. The third kappa shape index (κ3) is 3.63. The second kappa shape index (κ2) is 8.08. The number of Topliss-reactive ketones (excluding diaryl/α,β-unsaturated/α-hetero) is 1. The van der Waals surface area contributed by atoms with Gasteiger partial charge in [-0.1, -0.05) is 60.2 Å². The number of hydrogen-bond acceptors (Lipinski definition) is 4. The van der Waals surface area contributed by atoms with Crippen molar-refractivity contribution in [2.45, 2.75) is 37.9 Å². The van der Waals surface area contributed by atoms with E-state index in [0.717, 1.165) is 40.5 Å². The van der Waals surface area contributed by atoms with Crippen molar-refractivity contribution in [3.8, 4) is 6.07 Å². The van der Waals surface area contributed by atoms with E-state index >= 15 is 0 Å². The molecule has 0 radical (unpaired) electrons. The van der Waals surface area contributed by atoms with Gasteiger partial charge in [-0.25, -0.2) is 0 Å². The van der Waals surface area contributed by atoms with Crippen molar-refractivity contribution in [3.63, 3.8) is 0 Å². The number of nitrogens with one attached hydrogen (secondary N) is 1. The lowest BCUT2D eigenvalue weighted by Gasteiger charge is -2.33. The van der Waals surface area contributed by atoms with Gasteiger partial charge in [-0.2, -0.15) is 5.26 Å². The molecule has 140 valence electrons. The molecule has 4 rings (SSSR count). The van der Waals surface area contributed by atoms with E-state index in [9.17, 15) is 10.1 Å². The van der Waals surface area contributed by atoms with Crippen molar-refractivity contribution in [2.75, 3.05) is 0 Å². The Morgan fingerprint density at radius 3 is 2.57 bits per heavy atom. The average Bonchev–Trinajstić information content (AvgIpc) is 2.73. The van der Waals surface area contributed by atoms with Gasteiger partial charge in [0.1, 0.15) is 0 Å². The molecule has 2 aromatic carbocycles. The molecule has 0 saturated carbocycles. The van der Waals surface area contributed by atoms with Gasteiger partial charge < -0.3 is 5.32 Å². The van der Waals surface area contributed by atoms with Crippen LogP contribution in [0.4, 0.5) is 0 Å². The Kier molecular flexibility index (Phi) is 5.36. The Labute approximate surface area is 170 Å². The minimum absolute atomic E-state index is 0.166. The van der Waals surface area contributed by atoms with Gasteiger partial charge in [0.05, 0.1) is 22.6 Å². The van der Waals surface area contributed by atoms with Gasteiger partial charge in [0.15, 0.2) is 5.78 Å². The lowest BCUT2D eigenvalue weighted by molar-refractivity contribution is -0.116. The third-order valence-corrected chi connectivity index (χ3v) is 6.39. The molecule has 1 atom stereocenters. The standard InChI is InChI=1S/C24H22N2OS/c1-16-10-12-18(13-11-16)22-19(14-25)24(28-15-17-6-3-2-4-7-17)26-20-8-5-9-21(27)23(20)22/h2-4,6-7,10-13,22,26H,5,8-9,15H2,1H3. The van der Waals surface area contributed by atoms with Crippen molar-refractivity contribution in [3.05, 3.63) is 93.2 Å². The molecule has 0 saturated heterocycles. The Balaban J connectivity index is 1.75. The Morgan fingerprint density at radius 1 is 1.11 bits per heavy atom. The molecule has 4 heteroatoms. The summed E-state index contributed by atoms with van der Waals surface area (Å²) in [6.07, 6.45) is 2.29. The van der Waals surface area contributed by atoms with Crippen LogP contribution in [-0.4, -0.2) is 5.78 Å². The monoisotopic (exact) mass is 386 g/mol. The van der Waals surface area contributed by atoms with Gasteiger partial charge >= 0.3 is 0 Å². The van der Waals surface area contributed by atoms with E-state index in [0.29, 0.717) is 12.0 Å². The van der Waals surface area contributed by atoms with Crippen molar-refractivity contribution in [1.82, 2.24) is 5.32 Å². The summed E-state index contributed by atoms with van der Waals surface area (Å²) in [6, 6.07) is 20.9. The molecule has 0 spiro atoms. The third-order valence-electron chi connectivity index (χ3n) is 5.30. The molecule has 2 aliphatic rings. The molecule has 3 nitrogen and oxygen atoms in total. The van der Waals surface area contributed by atoms with Gasteiger partial charge in [0.2, 0.25) is 0 Å². The molecular formula is C24H22N2OS. The SMILES string of the molecule is Cc1ccc(C2C(C#N)=C(SCc3ccccc3)NC3=C2C(=O)CCC3)cc1. The molecule has 2 aromatic rings. The van der Waals surface area contributed by atoms with E-state index in [1.54, 1.807) is 11.8 Å². The van der Waals surface area contributed by atoms with Gasteiger partial charge in [0.25, 0.3) is 0 Å². The highest BCUT2D eigenvalue weighted by atomic mass is 32.2. The van der Waals surface area contributed by atoms with Crippen molar-refractivity contribution >= 4 is 17.5 Å². The first kappa shape index (κ1) is 18.6. The molecule has 1 aliphatic carbocycles. The maximum Gasteiger partial charge on any atom is 0.161 e. The summed E-state index contributed by atoms with van der Waals surface area (Å²) in [5, 5.41) is 14.4. The largest absolute Gasteiger partial charge is 0.352 e. The molecular weight excluding hydrogens is 364 g/mol. The van der Waals surface area contributed by atoms with Gasteiger partial charge in [-0.15, -0.1) is 11.8 Å². The second-order valence-corrected chi connectivity index (χ2v) is 8.25. The number of aryl methyl sites for hydroxylation is 1. The highest BCUT2D eigenvalue weighted by molar-refractivity contribution is 8.02. The average molecular weight is 387 g/mol. The fourth-order valence-electron chi connectivity index (χ4n) is 3.86. The molecule has 0 amide bonds. The number of allylic oxidation sites excluding steroid dienone is 3. The van der Waals surface area contributed by atoms with Crippen LogP contribution in [-0.2, 0) is 10.5 Å². The number of carbonyl (C=O) groups is 1. The number of benzene rings is 2. The number of dihydropyridines is 1. The van der Waals surface area contributed by atoms with E-state index in [1.165, 1.54) is 11.1 Å². The summed E-state index contributed by atoms with van der Waals surface area (Å²) >= 11 is 1.64. The van der Waals surface area contributed by atoms with E-state index in [2.05, 4.69) is 47.8 Å². The number of thioether (sulfide) groups is 1. The van der Waals surface area contributed by atoms with Crippen LogP contribution in [0.1, 0.15) is 41.9 Å². The van der Waals surface area contributed by atoms with Crippen LogP contribution in [0.3, 0.4) is 0 Å². The van der Waals surface area contributed by atoms with Crippen LogP contribution in [0, 0.1) is 18.3 Å². The second-order valence-electron chi connectivity index (χ2n) is 7.27. The molecule has 28 heavy (non-hydrogen) atoms.